The van der Waals surface area contributed by atoms with E-state index in [1.807, 2.05) is 24.4 Å². The fourth-order valence-electron chi connectivity index (χ4n) is 2.03. The molecule has 0 saturated carbocycles. The third-order valence-corrected chi connectivity index (χ3v) is 2.93. The van der Waals surface area contributed by atoms with Crippen molar-refractivity contribution < 1.29 is 4.79 Å². The van der Waals surface area contributed by atoms with E-state index in [1.54, 1.807) is 4.40 Å². The number of carbonyl (C=O) groups excluding carboxylic acids is 1. The number of rotatable bonds is 2. The molecule has 1 saturated heterocycles. The van der Waals surface area contributed by atoms with Gasteiger partial charge in [-0.25, -0.2) is 0 Å². The number of nitrogens with zero attached hydrogens (tertiary/aromatic N) is 3. The summed E-state index contributed by atoms with van der Waals surface area (Å²) < 4.78 is 1.76. The number of pyridine rings is 1. The van der Waals surface area contributed by atoms with Crippen LogP contribution in [0.2, 0.25) is 0 Å². The van der Waals surface area contributed by atoms with E-state index in [0.717, 1.165) is 25.0 Å². The first-order valence-corrected chi connectivity index (χ1v) is 5.68. The van der Waals surface area contributed by atoms with Crippen molar-refractivity contribution in [2.75, 3.05) is 11.9 Å². The standard InChI is InChI=1S/C11H13N5O/c17-10(8-4-3-6-12-8)13-11-15-14-9-5-1-2-7-16(9)11/h1-2,5,7-8,12H,3-4,6H2,(H,13,15,17). The lowest BCUT2D eigenvalue weighted by atomic mass is 10.2. The van der Waals surface area contributed by atoms with E-state index in [0.29, 0.717) is 5.95 Å². The van der Waals surface area contributed by atoms with Crippen LogP contribution in [0.3, 0.4) is 0 Å². The van der Waals surface area contributed by atoms with E-state index in [9.17, 15) is 4.79 Å². The molecule has 0 aliphatic carbocycles. The second-order valence-corrected chi connectivity index (χ2v) is 4.09. The Kier molecular flexibility index (Phi) is 2.49. The van der Waals surface area contributed by atoms with E-state index in [4.69, 9.17) is 0 Å². The van der Waals surface area contributed by atoms with Crippen molar-refractivity contribution in [3.05, 3.63) is 24.4 Å². The van der Waals surface area contributed by atoms with Gasteiger partial charge in [-0.1, -0.05) is 6.07 Å². The van der Waals surface area contributed by atoms with E-state index < -0.39 is 0 Å². The third kappa shape index (κ3) is 1.87. The summed E-state index contributed by atoms with van der Waals surface area (Å²) in [5, 5.41) is 13.9. The summed E-state index contributed by atoms with van der Waals surface area (Å²) in [4.78, 5) is 11.9. The van der Waals surface area contributed by atoms with Crippen LogP contribution in [0.5, 0.6) is 0 Å². The van der Waals surface area contributed by atoms with Crippen LogP contribution >= 0.6 is 0 Å². The highest BCUT2D eigenvalue weighted by Crippen LogP contribution is 2.10. The van der Waals surface area contributed by atoms with Gasteiger partial charge in [0.15, 0.2) is 5.65 Å². The normalized spacial score (nSPS) is 19.6. The van der Waals surface area contributed by atoms with Crippen molar-refractivity contribution in [1.29, 1.82) is 0 Å². The number of hydrogen-bond acceptors (Lipinski definition) is 4. The van der Waals surface area contributed by atoms with Crippen LogP contribution in [0.1, 0.15) is 12.8 Å². The van der Waals surface area contributed by atoms with Gasteiger partial charge < -0.3 is 5.32 Å². The Bertz CT molecular complexity index is 544. The molecular weight excluding hydrogens is 218 g/mol. The molecule has 2 aromatic rings. The van der Waals surface area contributed by atoms with Gasteiger partial charge in [-0.05, 0) is 31.5 Å². The zero-order chi connectivity index (χ0) is 11.7. The van der Waals surface area contributed by atoms with Gasteiger partial charge in [0.2, 0.25) is 11.9 Å². The lowest BCUT2D eigenvalue weighted by Gasteiger charge is -2.09. The van der Waals surface area contributed by atoms with E-state index in [-0.39, 0.29) is 11.9 Å². The first-order chi connectivity index (χ1) is 8.34. The lowest BCUT2D eigenvalue weighted by molar-refractivity contribution is -0.117. The minimum Gasteiger partial charge on any atom is -0.306 e. The maximum atomic E-state index is 11.9. The monoisotopic (exact) mass is 231 g/mol. The molecule has 17 heavy (non-hydrogen) atoms. The number of hydrogen-bond donors (Lipinski definition) is 2. The van der Waals surface area contributed by atoms with Crippen molar-refractivity contribution in [2.24, 2.45) is 0 Å². The van der Waals surface area contributed by atoms with Crippen molar-refractivity contribution in [3.63, 3.8) is 0 Å². The molecule has 1 aliphatic heterocycles. The van der Waals surface area contributed by atoms with Crippen LogP contribution < -0.4 is 10.6 Å². The van der Waals surface area contributed by atoms with E-state index >= 15 is 0 Å². The lowest BCUT2D eigenvalue weighted by Crippen LogP contribution is -2.36. The molecule has 1 aliphatic rings. The molecule has 3 heterocycles. The Morgan fingerprint density at radius 2 is 2.41 bits per heavy atom. The molecule has 1 amide bonds. The summed E-state index contributed by atoms with van der Waals surface area (Å²) in [5.41, 5.74) is 0.724. The molecule has 0 bridgehead atoms. The second kappa shape index (κ2) is 4.14. The van der Waals surface area contributed by atoms with Gasteiger partial charge in [0.1, 0.15) is 0 Å². The van der Waals surface area contributed by atoms with Gasteiger partial charge >= 0.3 is 0 Å². The molecule has 1 fully saturated rings. The molecule has 1 atom stereocenters. The fourth-order valence-corrected chi connectivity index (χ4v) is 2.03. The number of nitrogens with one attached hydrogen (secondary N) is 2. The third-order valence-electron chi connectivity index (χ3n) is 2.93. The Balaban J connectivity index is 1.82. The highest BCUT2D eigenvalue weighted by atomic mass is 16.2. The Morgan fingerprint density at radius 1 is 1.47 bits per heavy atom. The van der Waals surface area contributed by atoms with Gasteiger partial charge in [-0.15, -0.1) is 10.2 Å². The molecular formula is C11H13N5O. The maximum absolute atomic E-state index is 11.9. The smallest absolute Gasteiger partial charge is 0.243 e. The fraction of sp³-hybridized carbons (Fsp3) is 0.364. The van der Waals surface area contributed by atoms with Crippen molar-refractivity contribution in [1.82, 2.24) is 19.9 Å². The first-order valence-electron chi connectivity index (χ1n) is 5.68. The van der Waals surface area contributed by atoms with Crippen LogP contribution in [-0.2, 0) is 4.79 Å². The number of amides is 1. The first kappa shape index (κ1) is 10.2. The molecule has 0 spiro atoms. The van der Waals surface area contributed by atoms with Crippen molar-refractivity contribution in [2.45, 2.75) is 18.9 Å². The Hall–Kier alpha value is -1.95. The van der Waals surface area contributed by atoms with Gasteiger partial charge in [0.25, 0.3) is 0 Å². The molecule has 2 aromatic heterocycles. The molecule has 6 nitrogen and oxygen atoms in total. The van der Waals surface area contributed by atoms with Crippen molar-refractivity contribution in [3.8, 4) is 0 Å². The number of carbonyl (C=O) groups is 1. The van der Waals surface area contributed by atoms with Gasteiger partial charge in [-0.2, -0.15) is 0 Å². The molecule has 2 N–H and O–H groups in total. The number of fused-ring (bicyclic) bond motifs is 1. The minimum atomic E-state index is -0.105. The van der Waals surface area contributed by atoms with Gasteiger partial charge in [-0.3, -0.25) is 14.5 Å². The van der Waals surface area contributed by atoms with Gasteiger partial charge in [0, 0.05) is 6.20 Å². The molecule has 6 heteroatoms. The quantitative estimate of drug-likeness (QED) is 0.785. The summed E-state index contributed by atoms with van der Waals surface area (Å²) in [6.45, 7) is 0.901. The molecule has 88 valence electrons. The zero-order valence-electron chi connectivity index (χ0n) is 9.26. The summed E-state index contributed by atoms with van der Waals surface area (Å²) in [5.74, 6) is 0.431. The average molecular weight is 231 g/mol. The van der Waals surface area contributed by atoms with Gasteiger partial charge in [0.05, 0.1) is 6.04 Å². The van der Waals surface area contributed by atoms with Crippen molar-refractivity contribution >= 4 is 17.5 Å². The van der Waals surface area contributed by atoms with Crippen LogP contribution in [-0.4, -0.2) is 33.1 Å². The summed E-state index contributed by atoms with van der Waals surface area (Å²) in [6, 6.07) is 5.50. The average Bonchev–Trinajstić information content (AvgIpc) is 2.98. The summed E-state index contributed by atoms with van der Waals surface area (Å²) in [7, 11) is 0. The Morgan fingerprint density at radius 3 is 3.24 bits per heavy atom. The van der Waals surface area contributed by atoms with E-state index in [2.05, 4.69) is 20.8 Å². The topological polar surface area (TPSA) is 71.3 Å². The summed E-state index contributed by atoms with van der Waals surface area (Å²) >= 11 is 0. The predicted octanol–water partition coefficient (Wildman–Crippen LogP) is 0.420. The Labute approximate surface area is 98.0 Å². The number of aromatic nitrogens is 3. The highest BCUT2D eigenvalue weighted by Gasteiger charge is 2.23. The predicted molar refractivity (Wildman–Crippen MR) is 62.6 cm³/mol. The van der Waals surface area contributed by atoms with Crippen LogP contribution in [0.4, 0.5) is 5.95 Å². The van der Waals surface area contributed by atoms with Crippen LogP contribution in [0.25, 0.3) is 5.65 Å². The zero-order valence-corrected chi connectivity index (χ0v) is 9.26. The summed E-state index contributed by atoms with van der Waals surface area (Å²) in [6.07, 6.45) is 3.74. The number of anilines is 1. The maximum Gasteiger partial charge on any atom is 0.243 e. The van der Waals surface area contributed by atoms with Crippen LogP contribution in [0.15, 0.2) is 24.4 Å². The molecule has 3 rings (SSSR count). The SMILES string of the molecule is O=C(Nc1nnc2ccccn12)C1CCCN1. The molecule has 1 unspecified atom stereocenters. The molecule has 0 radical (unpaired) electrons. The largest absolute Gasteiger partial charge is 0.306 e. The second-order valence-electron chi connectivity index (χ2n) is 4.09. The highest BCUT2D eigenvalue weighted by molar-refractivity contribution is 5.93. The van der Waals surface area contributed by atoms with Crippen LogP contribution in [0, 0.1) is 0 Å². The van der Waals surface area contributed by atoms with E-state index in [1.165, 1.54) is 0 Å². The minimum absolute atomic E-state index is 0.0411. The molecule has 0 aromatic carbocycles.